The molecule has 110 valence electrons. The third kappa shape index (κ3) is 5.25. The van der Waals surface area contributed by atoms with E-state index in [2.05, 4.69) is 10.1 Å². The van der Waals surface area contributed by atoms with Gasteiger partial charge in [-0.3, -0.25) is 5.32 Å². The Bertz CT molecular complexity index is 486. The lowest BCUT2D eigenvalue weighted by atomic mass is 10.2. The van der Waals surface area contributed by atoms with E-state index in [1.54, 1.807) is 0 Å². The van der Waals surface area contributed by atoms with Crippen LogP contribution in [0.4, 0.5) is 4.79 Å². The van der Waals surface area contributed by atoms with Gasteiger partial charge in [0, 0.05) is 5.02 Å². The first-order valence-electron chi connectivity index (χ1n) is 5.12. The van der Waals surface area contributed by atoms with E-state index in [4.69, 9.17) is 51.1 Å². The summed E-state index contributed by atoms with van der Waals surface area (Å²) >= 11 is 22.6. The average Bonchev–Trinajstić information content (AvgIpc) is 2.37. The van der Waals surface area contributed by atoms with Gasteiger partial charge in [0.15, 0.2) is 0 Å². The van der Waals surface area contributed by atoms with E-state index in [0.717, 1.165) is 7.11 Å². The number of amides is 1. The highest BCUT2D eigenvalue weighted by molar-refractivity contribution is 6.68. The van der Waals surface area contributed by atoms with Gasteiger partial charge in [0.25, 0.3) is 0 Å². The highest BCUT2D eigenvalue weighted by Crippen LogP contribution is 2.31. The number of benzene rings is 1. The van der Waals surface area contributed by atoms with Gasteiger partial charge in [0.05, 0.1) is 12.7 Å². The summed E-state index contributed by atoms with van der Waals surface area (Å²) in [6.45, 7) is 0. The van der Waals surface area contributed by atoms with Crippen molar-refractivity contribution in [2.24, 2.45) is 0 Å². The molecule has 0 aromatic heterocycles. The molecule has 1 aromatic carbocycles. The van der Waals surface area contributed by atoms with Gasteiger partial charge in [-0.15, -0.1) is 0 Å². The molecule has 20 heavy (non-hydrogen) atoms. The fourth-order valence-corrected chi connectivity index (χ4v) is 1.53. The first-order chi connectivity index (χ1) is 9.24. The number of alkyl carbamates (subject to hydrolysis) is 1. The highest BCUT2D eigenvalue weighted by Gasteiger charge is 2.38. The predicted molar refractivity (Wildman–Crippen MR) is 76.5 cm³/mol. The molecule has 1 amide bonds. The van der Waals surface area contributed by atoms with Gasteiger partial charge >= 0.3 is 12.1 Å². The van der Waals surface area contributed by atoms with E-state index in [-0.39, 0.29) is 5.56 Å². The van der Waals surface area contributed by atoms with E-state index in [1.165, 1.54) is 24.3 Å². The Hall–Kier alpha value is -0.880. The molecule has 0 saturated carbocycles. The summed E-state index contributed by atoms with van der Waals surface area (Å²) in [7, 11) is 1.12. The van der Waals surface area contributed by atoms with Gasteiger partial charge in [-0.2, -0.15) is 0 Å². The first-order valence-corrected chi connectivity index (χ1v) is 6.63. The molecule has 0 fully saturated rings. The van der Waals surface area contributed by atoms with Crippen molar-refractivity contribution in [3.63, 3.8) is 0 Å². The molecule has 0 aliphatic rings. The standard InChI is InChI=1S/C11H9Cl4NO4/c1-19-10(18)16-9(11(13,14)15)20-8(17)6-2-4-7(12)5-3-6/h2-5,9H,1H3,(H,16,18). The van der Waals surface area contributed by atoms with Crippen LogP contribution >= 0.6 is 46.4 Å². The SMILES string of the molecule is COC(=O)NC(OC(=O)c1ccc(Cl)cc1)C(Cl)(Cl)Cl. The fraction of sp³-hybridized carbons (Fsp3) is 0.273. The van der Waals surface area contributed by atoms with E-state index in [1.807, 2.05) is 0 Å². The number of halogens is 4. The van der Waals surface area contributed by atoms with Gasteiger partial charge in [0.2, 0.25) is 10.0 Å². The van der Waals surface area contributed by atoms with Crippen molar-refractivity contribution < 1.29 is 19.1 Å². The lowest BCUT2D eigenvalue weighted by Gasteiger charge is -2.24. The lowest BCUT2D eigenvalue weighted by molar-refractivity contribution is 0.0227. The molecule has 1 rings (SSSR count). The molecule has 0 aliphatic carbocycles. The van der Waals surface area contributed by atoms with E-state index < -0.39 is 22.1 Å². The second-order valence-electron chi connectivity index (χ2n) is 3.47. The van der Waals surface area contributed by atoms with Crippen LogP contribution in [0.25, 0.3) is 0 Å². The molecule has 1 N–H and O–H groups in total. The van der Waals surface area contributed by atoms with E-state index in [0.29, 0.717) is 5.02 Å². The molecule has 0 saturated heterocycles. The Kier molecular flexibility index (Phi) is 6.20. The van der Waals surface area contributed by atoms with Crippen LogP contribution in [0.2, 0.25) is 5.02 Å². The number of hydrogen-bond donors (Lipinski definition) is 1. The predicted octanol–water partition coefficient (Wildman–Crippen LogP) is 3.55. The number of carbonyl (C=O) groups excluding carboxylic acids is 2. The minimum atomic E-state index is -2.06. The molecule has 5 nitrogen and oxygen atoms in total. The zero-order valence-corrected chi connectivity index (χ0v) is 13.1. The smallest absolute Gasteiger partial charge is 0.409 e. The molecule has 1 unspecified atom stereocenters. The van der Waals surface area contributed by atoms with Gasteiger partial charge in [-0.05, 0) is 24.3 Å². The van der Waals surface area contributed by atoms with Crippen LogP contribution < -0.4 is 5.32 Å². The van der Waals surface area contributed by atoms with Gasteiger partial charge in [0.1, 0.15) is 0 Å². The third-order valence-corrected chi connectivity index (χ3v) is 2.88. The first kappa shape index (κ1) is 17.2. The highest BCUT2D eigenvalue weighted by atomic mass is 35.6. The molecule has 9 heteroatoms. The maximum Gasteiger partial charge on any atom is 0.409 e. The Labute approximate surface area is 135 Å². The summed E-state index contributed by atoms with van der Waals surface area (Å²) in [4.78, 5) is 23.0. The van der Waals surface area contributed by atoms with Gasteiger partial charge in [-0.25, -0.2) is 9.59 Å². The number of methoxy groups -OCH3 is 1. The average molecular weight is 361 g/mol. The third-order valence-electron chi connectivity index (χ3n) is 2.04. The summed E-state index contributed by atoms with van der Waals surface area (Å²) in [5.74, 6) is -0.797. The molecule has 1 aromatic rings. The van der Waals surface area contributed by atoms with Crippen LogP contribution in [0.3, 0.4) is 0 Å². The second-order valence-corrected chi connectivity index (χ2v) is 6.28. The second kappa shape index (κ2) is 7.22. The van der Waals surface area contributed by atoms with Crippen LogP contribution in [0.5, 0.6) is 0 Å². The molecule has 0 radical (unpaired) electrons. The number of nitrogens with one attached hydrogen (secondary N) is 1. The maximum absolute atomic E-state index is 11.8. The normalized spacial score (nSPS) is 12.4. The number of hydrogen-bond acceptors (Lipinski definition) is 4. The zero-order valence-electron chi connectivity index (χ0n) is 10.0. The minimum Gasteiger partial charge on any atom is -0.453 e. The number of esters is 1. The van der Waals surface area contributed by atoms with Crippen molar-refractivity contribution >= 4 is 58.5 Å². The van der Waals surface area contributed by atoms with Crippen molar-refractivity contribution in [1.82, 2.24) is 5.32 Å². The van der Waals surface area contributed by atoms with Crippen LogP contribution in [0, 0.1) is 0 Å². The molecule has 0 heterocycles. The number of carbonyl (C=O) groups is 2. The summed E-state index contributed by atoms with van der Waals surface area (Å²) in [5.41, 5.74) is 0.181. The quantitative estimate of drug-likeness (QED) is 0.508. The van der Waals surface area contributed by atoms with Crippen molar-refractivity contribution in [3.05, 3.63) is 34.9 Å². The largest absolute Gasteiger partial charge is 0.453 e. The summed E-state index contributed by atoms with van der Waals surface area (Å²) in [6.07, 6.45) is -2.42. The minimum absolute atomic E-state index is 0.181. The Balaban J connectivity index is 2.81. The molecule has 0 bridgehead atoms. The molecule has 0 aliphatic heterocycles. The van der Waals surface area contributed by atoms with Crippen molar-refractivity contribution in [2.75, 3.05) is 7.11 Å². The monoisotopic (exact) mass is 359 g/mol. The number of ether oxygens (including phenoxy) is 2. The van der Waals surface area contributed by atoms with Crippen LogP contribution in [-0.4, -0.2) is 29.2 Å². The Morgan fingerprint density at radius 3 is 2.20 bits per heavy atom. The van der Waals surface area contributed by atoms with Crippen LogP contribution in [0.15, 0.2) is 24.3 Å². The van der Waals surface area contributed by atoms with Crippen LogP contribution in [-0.2, 0) is 9.47 Å². The van der Waals surface area contributed by atoms with Crippen molar-refractivity contribution in [3.8, 4) is 0 Å². The van der Waals surface area contributed by atoms with Crippen molar-refractivity contribution in [1.29, 1.82) is 0 Å². The topological polar surface area (TPSA) is 64.6 Å². The summed E-state index contributed by atoms with van der Waals surface area (Å²) in [6, 6.07) is 5.85. The van der Waals surface area contributed by atoms with Gasteiger partial charge < -0.3 is 9.47 Å². The molecule has 0 spiro atoms. The van der Waals surface area contributed by atoms with E-state index in [9.17, 15) is 9.59 Å². The van der Waals surface area contributed by atoms with Crippen LogP contribution in [0.1, 0.15) is 10.4 Å². The lowest BCUT2D eigenvalue weighted by Crippen LogP contribution is -2.46. The maximum atomic E-state index is 11.8. The number of alkyl halides is 3. The summed E-state index contributed by atoms with van der Waals surface area (Å²) in [5, 5.41) is 2.54. The Morgan fingerprint density at radius 1 is 1.20 bits per heavy atom. The van der Waals surface area contributed by atoms with E-state index >= 15 is 0 Å². The fourth-order valence-electron chi connectivity index (χ4n) is 1.11. The Morgan fingerprint density at radius 2 is 1.75 bits per heavy atom. The van der Waals surface area contributed by atoms with Gasteiger partial charge in [-0.1, -0.05) is 46.4 Å². The number of rotatable bonds is 3. The molecular weight excluding hydrogens is 352 g/mol. The van der Waals surface area contributed by atoms with Crippen molar-refractivity contribution in [2.45, 2.75) is 10.0 Å². The molecule has 1 atom stereocenters. The zero-order chi connectivity index (χ0) is 15.3. The summed E-state index contributed by atoms with van der Waals surface area (Å²) < 4.78 is 7.21. The molecular formula is C11H9Cl4NO4.